The van der Waals surface area contributed by atoms with E-state index >= 15 is 0 Å². The number of ether oxygens (including phenoxy) is 1. The first-order valence-corrected chi connectivity index (χ1v) is 7.82. The summed E-state index contributed by atoms with van der Waals surface area (Å²) in [6, 6.07) is 11.3. The minimum Gasteiger partial charge on any atom is -0.487 e. The summed E-state index contributed by atoms with van der Waals surface area (Å²) in [6.45, 7) is 4.16. The number of halogens is 2. The Labute approximate surface area is 143 Å². The van der Waals surface area contributed by atoms with Gasteiger partial charge in [0.05, 0.1) is 5.02 Å². The van der Waals surface area contributed by atoms with Crippen LogP contribution in [0, 0.1) is 13.8 Å². The molecule has 0 N–H and O–H groups in total. The highest BCUT2D eigenvalue weighted by Gasteiger charge is 2.13. The van der Waals surface area contributed by atoms with Gasteiger partial charge in [-0.25, -0.2) is 4.79 Å². The van der Waals surface area contributed by atoms with Gasteiger partial charge in [-0.3, -0.25) is 0 Å². The highest BCUT2D eigenvalue weighted by molar-refractivity contribution is 6.33. The molecule has 0 fully saturated rings. The van der Waals surface area contributed by atoms with Crippen LogP contribution in [0.2, 0.25) is 10.0 Å². The van der Waals surface area contributed by atoms with Crippen LogP contribution < -0.4 is 10.4 Å². The van der Waals surface area contributed by atoms with Crippen LogP contribution in [-0.4, -0.2) is 0 Å². The van der Waals surface area contributed by atoms with E-state index < -0.39 is 5.63 Å². The Morgan fingerprint density at radius 3 is 2.65 bits per heavy atom. The molecule has 23 heavy (non-hydrogen) atoms. The Morgan fingerprint density at radius 1 is 1.13 bits per heavy atom. The summed E-state index contributed by atoms with van der Waals surface area (Å²) in [5, 5.41) is 1.21. The number of hydrogen-bond acceptors (Lipinski definition) is 3. The van der Waals surface area contributed by atoms with E-state index in [0.717, 1.165) is 11.1 Å². The van der Waals surface area contributed by atoms with Crippen LogP contribution in [0.3, 0.4) is 0 Å². The van der Waals surface area contributed by atoms with Crippen LogP contribution in [0.1, 0.15) is 16.7 Å². The molecule has 3 nitrogen and oxygen atoms in total. The van der Waals surface area contributed by atoms with Gasteiger partial charge in [-0.1, -0.05) is 53.0 Å². The molecule has 0 atom stereocenters. The summed E-state index contributed by atoms with van der Waals surface area (Å²) in [6.07, 6.45) is 0. The molecule has 3 rings (SSSR count). The van der Waals surface area contributed by atoms with Crippen molar-refractivity contribution < 1.29 is 9.15 Å². The van der Waals surface area contributed by atoms with E-state index in [9.17, 15) is 4.79 Å². The van der Waals surface area contributed by atoms with Gasteiger partial charge in [-0.2, -0.15) is 0 Å². The van der Waals surface area contributed by atoms with Crippen molar-refractivity contribution in [2.45, 2.75) is 20.5 Å². The van der Waals surface area contributed by atoms with Gasteiger partial charge in [0.2, 0.25) is 0 Å². The number of fused-ring (bicyclic) bond motifs is 1. The standard InChI is InChI=1S/C18H14Cl2O3/c1-10-4-3-5-12(6-10)9-22-16-8-15-13(7-14(16)19)11(2)17(20)18(21)23-15/h3-8H,9H2,1-2H3. The zero-order valence-electron chi connectivity index (χ0n) is 12.7. The molecular weight excluding hydrogens is 335 g/mol. The Bertz CT molecular complexity index is 945. The van der Waals surface area contributed by atoms with Gasteiger partial charge >= 0.3 is 5.63 Å². The van der Waals surface area contributed by atoms with Crippen LogP contribution in [0.15, 0.2) is 45.6 Å². The second kappa shape index (κ2) is 6.26. The molecule has 118 valence electrons. The number of rotatable bonds is 3. The topological polar surface area (TPSA) is 39.4 Å². The van der Waals surface area contributed by atoms with Crippen molar-refractivity contribution in [3.63, 3.8) is 0 Å². The zero-order chi connectivity index (χ0) is 16.6. The average Bonchev–Trinajstić information content (AvgIpc) is 2.52. The smallest absolute Gasteiger partial charge is 0.355 e. The Balaban J connectivity index is 1.97. The molecule has 0 unspecified atom stereocenters. The third kappa shape index (κ3) is 3.21. The fraction of sp³-hybridized carbons (Fsp3) is 0.167. The Kier molecular flexibility index (Phi) is 4.33. The van der Waals surface area contributed by atoms with Crippen molar-refractivity contribution in [1.29, 1.82) is 0 Å². The van der Waals surface area contributed by atoms with Crippen molar-refractivity contribution >= 4 is 34.2 Å². The first kappa shape index (κ1) is 15.9. The first-order chi connectivity index (χ1) is 11.0. The van der Waals surface area contributed by atoms with Gasteiger partial charge in [-0.15, -0.1) is 0 Å². The molecule has 2 aromatic carbocycles. The van der Waals surface area contributed by atoms with Crippen LogP contribution in [0.4, 0.5) is 0 Å². The third-order valence-electron chi connectivity index (χ3n) is 3.63. The van der Waals surface area contributed by atoms with Crippen molar-refractivity contribution in [3.05, 3.63) is 73.6 Å². The SMILES string of the molecule is Cc1cccc(COc2cc3oc(=O)c(Cl)c(C)c3cc2Cl)c1. The second-order valence-corrected chi connectivity index (χ2v) is 6.17. The number of benzene rings is 2. The molecule has 1 heterocycles. The van der Waals surface area contributed by atoms with Gasteiger partial charge in [0, 0.05) is 11.5 Å². The van der Waals surface area contributed by atoms with Crippen LogP contribution in [0.5, 0.6) is 5.75 Å². The summed E-state index contributed by atoms with van der Waals surface area (Å²) < 4.78 is 11.0. The van der Waals surface area contributed by atoms with Crippen LogP contribution >= 0.6 is 23.2 Å². The van der Waals surface area contributed by atoms with Gasteiger partial charge in [-0.05, 0) is 31.0 Å². The normalized spacial score (nSPS) is 11.0. The van der Waals surface area contributed by atoms with Crippen LogP contribution in [0.25, 0.3) is 11.0 Å². The van der Waals surface area contributed by atoms with E-state index in [2.05, 4.69) is 0 Å². The molecule has 0 aliphatic rings. The van der Waals surface area contributed by atoms with E-state index in [4.69, 9.17) is 32.4 Å². The largest absolute Gasteiger partial charge is 0.487 e. The molecule has 0 aliphatic carbocycles. The molecule has 0 saturated heterocycles. The van der Waals surface area contributed by atoms with Gasteiger partial charge < -0.3 is 9.15 Å². The van der Waals surface area contributed by atoms with E-state index in [0.29, 0.717) is 33.9 Å². The van der Waals surface area contributed by atoms with Crippen LogP contribution in [-0.2, 0) is 6.61 Å². The highest BCUT2D eigenvalue weighted by atomic mass is 35.5. The predicted molar refractivity (Wildman–Crippen MR) is 92.8 cm³/mol. The van der Waals surface area contributed by atoms with E-state index in [-0.39, 0.29) is 5.02 Å². The molecule has 0 saturated carbocycles. The maximum Gasteiger partial charge on any atom is 0.355 e. The lowest BCUT2D eigenvalue weighted by atomic mass is 10.1. The van der Waals surface area contributed by atoms with E-state index in [1.165, 1.54) is 0 Å². The van der Waals surface area contributed by atoms with Gasteiger partial charge in [0.15, 0.2) is 0 Å². The predicted octanol–water partition coefficient (Wildman–Crippen LogP) is 5.30. The average molecular weight is 349 g/mol. The fourth-order valence-corrected chi connectivity index (χ4v) is 2.76. The summed E-state index contributed by atoms with van der Waals surface area (Å²) in [7, 11) is 0. The van der Waals surface area contributed by atoms with Crippen molar-refractivity contribution in [3.8, 4) is 5.75 Å². The molecule has 3 aromatic rings. The summed E-state index contributed by atoms with van der Waals surface area (Å²) in [5.74, 6) is 0.463. The lowest BCUT2D eigenvalue weighted by Gasteiger charge is -2.11. The monoisotopic (exact) mass is 348 g/mol. The second-order valence-electron chi connectivity index (χ2n) is 5.39. The van der Waals surface area contributed by atoms with Gasteiger partial charge in [0.1, 0.15) is 23.0 Å². The fourth-order valence-electron chi connectivity index (χ4n) is 2.40. The summed E-state index contributed by atoms with van der Waals surface area (Å²) in [5.41, 5.74) is 2.68. The number of aryl methyl sites for hydroxylation is 2. The summed E-state index contributed by atoms with van der Waals surface area (Å²) in [4.78, 5) is 11.7. The molecule has 0 aliphatic heterocycles. The molecule has 0 bridgehead atoms. The molecular formula is C18H14Cl2O3. The van der Waals surface area contributed by atoms with Crippen molar-refractivity contribution in [2.24, 2.45) is 0 Å². The molecule has 5 heteroatoms. The Morgan fingerprint density at radius 2 is 1.91 bits per heavy atom. The molecule has 0 radical (unpaired) electrons. The Hall–Kier alpha value is -1.97. The maximum absolute atomic E-state index is 11.7. The maximum atomic E-state index is 11.7. The first-order valence-electron chi connectivity index (χ1n) is 7.06. The third-order valence-corrected chi connectivity index (χ3v) is 4.36. The quantitative estimate of drug-likeness (QED) is 0.603. The highest BCUT2D eigenvalue weighted by Crippen LogP contribution is 2.33. The number of hydrogen-bond donors (Lipinski definition) is 0. The lowest BCUT2D eigenvalue weighted by Crippen LogP contribution is -2.02. The van der Waals surface area contributed by atoms with Gasteiger partial charge in [0.25, 0.3) is 0 Å². The molecule has 1 aromatic heterocycles. The minimum absolute atomic E-state index is 0.0713. The minimum atomic E-state index is -0.566. The zero-order valence-corrected chi connectivity index (χ0v) is 14.2. The lowest BCUT2D eigenvalue weighted by molar-refractivity contribution is 0.306. The van der Waals surface area contributed by atoms with Crippen molar-refractivity contribution in [2.75, 3.05) is 0 Å². The summed E-state index contributed by atoms with van der Waals surface area (Å²) >= 11 is 12.2. The van der Waals surface area contributed by atoms with E-state index in [1.54, 1.807) is 19.1 Å². The van der Waals surface area contributed by atoms with Crippen molar-refractivity contribution in [1.82, 2.24) is 0 Å². The van der Waals surface area contributed by atoms with E-state index in [1.807, 2.05) is 31.2 Å². The molecule has 0 spiro atoms. The molecule has 0 amide bonds.